The molecular weight excluding hydrogens is 134 g/mol. The standard InChI is InChI=1S/C7H6F2.CH4/c1-5-2-3-6(8)7(9)4-5;/h2-4H,1H3;1H4. The van der Waals surface area contributed by atoms with Crippen LogP contribution in [0.5, 0.6) is 0 Å². The third-order valence-electron chi connectivity index (χ3n) is 1.08. The molecule has 0 saturated heterocycles. The van der Waals surface area contributed by atoms with E-state index in [0.717, 1.165) is 17.7 Å². The van der Waals surface area contributed by atoms with Crippen LogP contribution in [-0.4, -0.2) is 0 Å². The van der Waals surface area contributed by atoms with Crippen LogP contribution in [0, 0.1) is 18.6 Å². The Hall–Kier alpha value is -0.920. The molecular formula is C8H10F2. The van der Waals surface area contributed by atoms with Gasteiger partial charge >= 0.3 is 0 Å². The topological polar surface area (TPSA) is 0 Å². The zero-order valence-corrected chi connectivity index (χ0v) is 4.99. The maximum absolute atomic E-state index is 12.2. The van der Waals surface area contributed by atoms with Gasteiger partial charge in [0.2, 0.25) is 0 Å². The lowest BCUT2D eigenvalue weighted by molar-refractivity contribution is 0.508. The Morgan fingerprint density at radius 2 is 1.70 bits per heavy atom. The van der Waals surface area contributed by atoms with Gasteiger partial charge in [0.25, 0.3) is 0 Å². The van der Waals surface area contributed by atoms with E-state index < -0.39 is 11.6 Å². The fourth-order valence-electron chi connectivity index (χ4n) is 0.601. The first-order valence-electron chi connectivity index (χ1n) is 2.62. The quantitative estimate of drug-likeness (QED) is 0.525. The van der Waals surface area contributed by atoms with Gasteiger partial charge in [-0.05, 0) is 24.6 Å². The van der Waals surface area contributed by atoms with Gasteiger partial charge in [0, 0.05) is 0 Å². The minimum Gasteiger partial charge on any atom is -0.204 e. The van der Waals surface area contributed by atoms with Gasteiger partial charge in [0.15, 0.2) is 11.6 Å². The lowest BCUT2D eigenvalue weighted by Gasteiger charge is -1.91. The molecule has 1 aromatic rings. The lowest BCUT2D eigenvalue weighted by atomic mass is 10.2. The van der Waals surface area contributed by atoms with Gasteiger partial charge in [0.05, 0.1) is 0 Å². The molecule has 0 unspecified atom stereocenters. The fraction of sp³-hybridized carbons (Fsp3) is 0.250. The highest BCUT2D eigenvalue weighted by atomic mass is 19.2. The highest BCUT2D eigenvalue weighted by Gasteiger charge is 1.97. The number of hydrogen-bond donors (Lipinski definition) is 0. The molecule has 0 nitrogen and oxygen atoms in total. The molecule has 56 valence electrons. The first kappa shape index (κ1) is 9.08. The molecule has 0 aromatic heterocycles. The molecule has 0 heterocycles. The Kier molecular flexibility index (Phi) is 3.00. The zero-order valence-electron chi connectivity index (χ0n) is 4.99. The number of rotatable bonds is 0. The van der Waals surface area contributed by atoms with Crippen LogP contribution >= 0.6 is 0 Å². The largest absolute Gasteiger partial charge is 0.204 e. The zero-order chi connectivity index (χ0) is 6.85. The van der Waals surface area contributed by atoms with Crippen molar-refractivity contribution in [2.75, 3.05) is 0 Å². The average Bonchev–Trinajstić information content (AvgIpc) is 1.80. The molecule has 0 radical (unpaired) electrons. The van der Waals surface area contributed by atoms with Crippen LogP contribution in [0.1, 0.15) is 13.0 Å². The summed E-state index contributed by atoms with van der Waals surface area (Å²) in [5.74, 6) is -1.57. The summed E-state index contributed by atoms with van der Waals surface area (Å²) < 4.78 is 24.3. The summed E-state index contributed by atoms with van der Waals surface area (Å²) >= 11 is 0. The van der Waals surface area contributed by atoms with Gasteiger partial charge in [0.1, 0.15) is 0 Å². The van der Waals surface area contributed by atoms with Crippen molar-refractivity contribution < 1.29 is 8.78 Å². The Morgan fingerprint density at radius 3 is 2.10 bits per heavy atom. The van der Waals surface area contributed by atoms with Crippen molar-refractivity contribution in [3.05, 3.63) is 35.4 Å². The van der Waals surface area contributed by atoms with E-state index in [2.05, 4.69) is 0 Å². The van der Waals surface area contributed by atoms with Gasteiger partial charge in [-0.25, -0.2) is 8.78 Å². The Bertz CT molecular complexity index is 218. The van der Waals surface area contributed by atoms with Gasteiger partial charge < -0.3 is 0 Å². The first-order chi connectivity index (χ1) is 4.20. The summed E-state index contributed by atoms with van der Waals surface area (Å²) in [6, 6.07) is 3.80. The van der Waals surface area contributed by atoms with Crippen molar-refractivity contribution in [3.8, 4) is 0 Å². The lowest BCUT2D eigenvalue weighted by Crippen LogP contribution is -1.82. The Labute approximate surface area is 59.5 Å². The predicted molar refractivity (Wildman–Crippen MR) is 37.8 cm³/mol. The van der Waals surface area contributed by atoms with Crippen molar-refractivity contribution in [2.24, 2.45) is 0 Å². The van der Waals surface area contributed by atoms with Crippen LogP contribution in [0.2, 0.25) is 0 Å². The molecule has 0 aliphatic rings. The van der Waals surface area contributed by atoms with E-state index in [1.165, 1.54) is 6.07 Å². The molecule has 10 heavy (non-hydrogen) atoms. The second kappa shape index (κ2) is 3.30. The minimum atomic E-state index is -0.791. The smallest absolute Gasteiger partial charge is 0.159 e. The van der Waals surface area contributed by atoms with Crippen LogP contribution in [0.25, 0.3) is 0 Å². The third kappa shape index (κ3) is 1.79. The maximum Gasteiger partial charge on any atom is 0.159 e. The van der Waals surface area contributed by atoms with Crippen molar-refractivity contribution in [3.63, 3.8) is 0 Å². The number of benzene rings is 1. The molecule has 0 amide bonds. The van der Waals surface area contributed by atoms with E-state index in [0.29, 0.717) is 0 Å². The van der Waals surface area contributed by atoms with E-state index in [1.807, 2.05) is 0 Å². The molecule has 0 bridgehead atoms. The van der Waals surface area contributed by atoms with Gasteiger partial charge in [-0.1, -0.05) is 13.5 Å². The molecule has 1 aromatic carbocycles. The second-order valence-corrected chi connectivity index (χ2v) is 1.92. The molecule has 0 atom stereocenters. The number of hydrogen-bond acceptors (Lipinski definition) is 0. The van der Waals surface area contributed by atoms with Crippen molar-refractivity contribution in [1.82, 2.24) is 0 Å². The first-order valence-corrected chi connectivity index (χ1v) is 2.62. The normalized spacial score (nSPS) is 8.70. The predicted octanol–water partition coefficient (Wildman–Crippen LogP) is 2.91. The molecule has 0 aliphatic heterocycles. The average molecular weight is 144 g/mol. The van der Waals surface area contributed by atoms with E-state index in [1.54, 1.807) is 6.92 Å². The third-order valence-corrected chi connectivity index (χ3v) is 1.08. The molecule has 0 aliphatic carbocycles. The van der Waals surface area contributed by atoms with Gasteiger partial charge in [-0.2, -0.15) is 0 Å². The summed E-state index contributed by atoms with van der Waals surface area (Å²) in [5.41, 5.74) is 0.730. The van der Waals surface area contributed by atoms with Crippen LogP contribution in [0.4, 0.5) is 8.78 Å². The minimum absolute atomic E-state index is 0. The number of aryl methyl sites for hydroxylation is 1. The second-order valence-electron chi connectivity index (χ2n) is 1.92. The van der Waals surface area contributed by atoms with Gasteiger partial charge in [-0.15, -0.1) is 0 Å². The van der Waals surface area contributed by atoms with Crippen molar-refractivity contribution in [2.45, 2.75) is 14.4 Å². The summed E-state index contributed by atoms with van der Waals surface area (Å²) in [6.07, 6.45) is 0. The van der Waals surface area contributed by atoms with E-state index in [9.17, 15) is 8.78 Å². The van der Waals surface area contributed by atoms with Crippen LogP contribution in [-0.2, 0) is 0 Å². The highest BCUT2D eigenvalue weighted by molar-refractivity contribution is 5.15. The van der Waals surface area contributed by atoms with Gasteiger partial charge in [-0.3, -0.25) is 0 Å². The number of halogens is 2. The van der Waals surface area contributed by atoms with E-state index in [4.69, 9.17) is 0 Å². The molecule has 1 rings (SSSR count). The molecule has 0 N–H and O–H groups in total. The van der Waals surface area contributed by atoms with Crippen LogP contribution < -0.4 is 0 Å². The summed E-state index contributed by atoms with van der Waals surface area (Å²) in [7, 11) is 0. The van der Waals surface area contributed by atoms with Crippen LogP contribution in [0.15, 0.2) is 18.2 Å². The highest BCUT2D eigenvalue weighted by Crippen LogP contribution is 2.06. The van der Waals surface area contributed by atoms with Crippen LogP contribution in [0.3, 0.4) is 0 Å². The molecule has 2 heteroatoms. The summed E-state index contributed by atoms with van der Waals surface area (Å²) in [5, 5.41) is 0. The Balaban J connectivity index is 0.000000810. The monoisotopic (exact) mass is 144 g/mol. The van der Waals surface area contributed by atoms with E-state index >= 15 is 0 Å². The fourth-order valence-corrected chi connectivity index (χ4v) is 0.601. The maximum atomic E-state index is 12.2. The summed E-state index contributed by atoms with van der Waals surface area (Å²) in [4.78, 5) is 0. The van der Waals surface area contributed by atoms with Crippen molar-refractivity contribution in [1.29, 1.82) is 0 Å². The molecule has 0 fully saturated rings. The molecule has 0 saturated carbocycles. The summed E-state index contributed by atoms with van der Waals surface area (Å²) in [6.45, 7) is 1.71. The SMILES string of the molecule is C.Cc1ccc(F)c(F)c1. The van der Waals surface area contributed by atoms with Crippen molar-refractivity contribution >= 4 is 0 Å². The molecule has 0 spiro atoms. The Morgan fingerprint density at radius 1 is 1.10 bits per heavy atom. The van der Waals surface area contributed by atoms with E-state index in [-0.39, 0.29) is 7.43 Å².